The molecule has 2 aromatic carbocycles. The Morgan fingerprint density at radius 2 is 1.58 bits per heavy atom. The van der Waals surface area contributed by atoms with E-state index in [2.05, 4.69) is 66.4 Å². The number of allylic oxidation sites excluding steroid dienone is 1. The van der Waals surface area contributed by atoms with Gasteiger partial charge >= 0.3 is 0 Å². The molecule has 1 saturated carbocycles. The van der Waals surface area contributed by atoms with E-state index in [0.29, 0.717) is 24.7 Å². The van der Waals surface area contributed by atoms with Crippen LogP contribution >= 0.6 is 0 Å². The van der Waals surface area contributed by atoms with Gasteiger partial charge in [-0.3, -0.25) is 0 Å². The number of ether oxygens (including phenoxy) is 2. The summed E-state index contributed by atoms with van der Waals surface area (Å²) in [6, 6.07) is 18.2. The fraction of sp³-hybridized carbons (Fsp3) is 0.500. The summed E-state index contributed by atoms with van der Waals surface area (Å²) < 4.78 is 11.7. The molecule has 1 aliphatic carbocycles. The van der Waals surface area contributed by atoms with Gasteiger partial charge in [0.2, 0.25) is 0 Å². The predicted molar refractivity (Wildman–Crippen MR) is 128 cm³/mol. The molecule has 166 valence electrons. The highest BCUT2D eigenvalue weighted by Crippen LogP contribution is 2.37. The van der Waals surface area contributed by atoms with E-state index in [-0.39, 0.29) is 0 Å². The third-order valence-electron chi connectivity index (χ3n) is 7.02. The smallest absolute Gasteiger partial charge is 0.0784 e. The summed E-state index contributed by atoms with van der Waals surface area (Å²) >= 11 is 0. The summed E-state index contributed by atoms with van der Waals surface area (Å²) in [5.74, 6) is 0.552. The molecule has 3 atom stereocenters. The van der Waals surface area contributed by atoms with Crippen LogP contribution in [0.3, 0.4) is 0 Å². The normalized spacial score (nSPS) is 24.6. The average Bonchev–Trinajstić information content (AvgIpc) is 3.22. The van der Waals surface area contributed by atoms with E-state index in [4.69, 9.17) is 9.47 Å². The van der Waals surface area contributed by atoms with Crippen molar-refractivity contribution in [1.29, 1.82) is 0 Å². The largest absolute Gasteiger partial charge is 0.505 e. The zero-order chi connectivity index (χ0) is 21.5. The lowest BCUT2D eigenvalue weighted by Crippen LogP contribution is -2.43. The molecular weight excluding hydrogens is 382 g/mol. The molecule has 0 N–H and O–H groups in total. The SMILES string of the molecule is COC=CC[C@H]1[C@H](N2CCCCC2)CC[C@H]1OCc1ccc(-c2ccc(C)cc2)cc1. The Morgan fingerprint density at radius 3 is 2.26 bits per heavy atom. The van der Waals surface area contributed by atoms with Crippen molar-refractivity contribution in [1.82, 2.24) is 4.90 Å². The van der Waals surface area contributed by atoms with E-state index in [1.807, 2.05) is 6.26 Å². The van der Waals surface area contributed by atoms with Gasteiger partial charge < -0.3 is 14.4 Å². The maximum atomic E-state index is 6.51. The molecule has 2 aromatic rings. The lowest BCUT2D eigenvalue weighted by atomic mass is 9.94. The number of hydrogen-bond acceptors (Lipinski definition) is 3. The summed E-state index contributed by atoms with van der Waals surface area (Å²) in [6.45, 7) is 5.32. The van der Waals surface area contributed by atoms with Crippen LogP contribution in [0.5, 0.6) is 0 Å². The number of aryl methyl sites for hydroxylation is 1. The molecule has 0 aromatic heterocycles. The molecule has 0 unspecified atom stereocenters. The number of hydrogen-bond donors (Lipinski definition) is 0. The maximum Gasteiger partial charge on any atom is 0.0784 e. The van der Waals surface area contributed by atoms with Crippen LogP contribution in [-0.4, -0.2) is 37.2 Å². The number of piperidine rings is 1. The molecule has 3 nitrogen and oxygen atoms in total. The fourth-order valence-electron chi connectivity index (χ4n) is 5.28. The van der Waals surface area contributed by atoms with E-state index >= 15 is 0 Å². The standard InChI is InChI=1S/C28H37NO2/c1-22-8-12-24(13-9-22)25-14-10-23(11-15-25)21-31-28-17-16-27(26(28)7-6-20-30-2)29-18-4-3-5-19-29/h6,8-15,20,26-28H,3-5,7,16-19,21H2,1-2H3/t26-,27+,28+/m0/s1. The zero-order valence-electron chi connectivity index (χ0n) is 19.1. The first-order chi connectivity index (χ1) is 15.2. The summed E-state index contributed by atoms with van der Waals surface area (Å²) in [4.78, 5) is 2.73. The Kier molecular flexibility index (Phi) is 7.82. The topological polar surface area (TPSA) is 21.7 Å². The Bertz CT molecular complexity index is 821. The van der Waals surface area contributed by atoms with Crippen molar-refractivity contribution in [2.45, 2.75) is 64.2 Å². The number of benzene rings is 2. The number of likely N-dealkylation sites (tertiary alicyclic amines) is 1. The van der Waals surface area contributed by atoms with Crippen molar-refractivity contribution in [2.24, 2.45) is 5.92 Å². The molecular formula is C28H37NO2. The molecule has 1 aliphatic heterocycles. The van der Waals surface area contributed by atoms with Gasteiger partial charge in [0.25, 0.3) is 0 Å². The van der Waals surface area contributed by atoms with Gasteiger partial charge in [0, 0.05) is 12.0 Å². The summed E-state index contributed by atoms with van der Waals surface area (Å²) in [7, 11) is 1.72. The van der Waals surface area contributed by atoms with Crippen molar-refractivity contribution < 1.29 is 9.47 Å². The zero-order valence-corrected chi connectivity index (χ0v) is 19.1. The first kappa shape index (κ1) is 22.1. The first-order valence-electron chi connectivity index (χ1n) is 11.9. The van der Waals surface area contributed by atoms with Crippen LogP contribution in [0.1, 0.15) is 49.7 Å². The van der Waals surface area contributed by atoms with E-state index in [1.165, 1.54) is 61.0 Å². The minimum atomic E-state index is 0.324. The Morgan fingerprint density at radius 1 is 0.903 bits per heavy atom. The highest BCUT2D eigenvalue weighted by Gasteiger charge is 2.39. The second kappa shape index (κ2) is 11.0. The molecule has 1 saturated heterocycles. The molecule has 0 amide bonds. The molecule has 0 spiro atoms. The van der Waals surface area contributed by atoms with Gasteiger partial charge in [0.05, 0.1) is 26.1 Å². The van der Waals surface area contributed by atoms with E-state index < -0.39 is 0 Å². The second-order valence-corrected chi connectivity index (χ2v) is 9.16. The fourth-order valence-corrected chi connectivity index (χ4v) is 5.28. The van der Waals surface area contributed by atoms with Crippen LogP contribution in [0.2, 0.25) is 0 Å². The number of methoxy groups -OCH3 is 1. The average molecular weight is 420 g/mol. The highest BCUT2D eigenvalue weighted by atomic mass is 16.5. The van der Waals surface area contributed by atoms with Crippen molar-refractivity contribution >= 4 is 0 Å². The van der Waals surface area contributed by atoms with Gasteiger partial charge in [0.1, 0.15) is 0 Å². The minimum Gasteiger partial charge on any atom is -0.505 e. The quantitative estimate of drug-likeness (QED) is 0.465. The van der Waals surface area contributed by atoms with E-state index in [1.54, 1.807) is 7.11 Å². The van der Waals surface area contributed by atoms with Crippen molar-refractivity contribution in [3.05, 3.63) is 72.0 Å². The minimum absolute atomic E-state index is 0.324. The first-order valence-corrected chi connectivity index (χ1v) is 11.9. The summed E-state index contributed by atoms with van der Waals surface area (Å²) in [5.41, 5.74) is 5.08. The van der Waals surface area contributed by atoms with Crippen LogP contribution in [0.15, 0.2) is 60.9 Å². The van der Waals surface area contributed by atoms with E-state index in [9.17, 15) is 0 Å². The van der Waals surface area contributed by atoms with Crippen LogP contribution in [0, 0.1) is 12.8 Å². The number of nitrogens with zero attached hydrogens (tertiary/aromatic N) is 1. The third kappa shape index (κ3) is 5.78. The van der Waals surface area contributed by atoms with Crippen molar-refractivity contribution in [3.63, 3.8) is 0 Å². The lowest BCUT2D eigenvalue weighted by molar-refractivity contribution is -0.000258. The molecule has 2 aliphatic rings. The van der Waals surface area contributed by atoms with Gasteiger partial charge in [-0.05, 0) is 74.9 Å². The highest BCUT2D eigenvalue weighted by molar-refractivity contribution is 5.63. The van der Waals surface area contributed by atoms with Crippen molar-refractivity contribution in [2.75, 3.05) is 20.2 Å². The van der Waals surface area contributed by atoms with Gasteiger partial charge in [-0.15, -0.1) is 0 Å². The van der Waals surface area contributed by atoms with Gasteiger partial charge in [-0.25, -0.2) is 0 Å². The summed E-state index contributed by atoms with van der Waals surface area (Å²) in [6.07, 6.45) is 11.8. The molecule has 0 radical (unpaired) electrons. The van der Waals surface area contributed by atoms with Crippen molar-refractivity contribution in [3.8, 4) is 11.1 Å². The predicted octanol–water partition coefficient (Wildman–Crippen LogP) is 6.36. The van der Waals surface area contributed by atoms with Gasteiger partial charge in [-0.2, -0.15) is 0 Å². The third-order valence-corrected chi connectivity index (χ3v) is 7.02. The van der Waals surface area contributed by atoms with Crippen LogP contribution in [0.4, 0.5) is 0 Å². The molecule has 1 heterocycles. The van der Waals surface area contributed by atoms with E-state index in [0.717, 1.165) is 12.8 Å². The van der Waals surface area contributed by atoms with Crippen LogP contribution in [-0.2, 0) is 16.1 Å². The van der Waals surface area contributed by atoms with Gasteiger partial charge in [-0.1, -0.05) is 60.5 Å². The molecule has 3 heteroatoms. The molecule has 31 heavy (non-hydrogen) atoms. The van der Waals surface area contributed by atoms with Crippen LogP contribution < -0.4 is 0 Å². The monoisotopic (exact) mass is 419 g/mol. The molecule has 4 rings (SSSR count). The van der Waals surface area contributed by atoms with Gasteiger partial charge in [0.15, 0.2) is 0 Å². The maximum absolute atomic E-state index is 6.51. The molecule has 0 bridgehead atoms. The summed E-state index contributed by atoms with van der Waals surface area (Å²) in [5, 5.41) is 0. The molecule has 2 fully saturated rings. The number of rotatable bonds is 8. The lowest BCUT2D eigenvalue weighted by Gasteiger charge is -2.36. The Labute approximate surface area is 188 Å². The Balaban J connectivity index is 1.37. The second-order valence-electron chi connectivity index (χ2n) is 9.16. The Hall–Kier alpha value is -2.10. The van der Waals surface area contributed by atoms with Crippen LogP contribution in [0.25, 0.3) is 11.1 Å².